The van der Waals surface area contributed by atoms with E-state index in [0.29, 0.717) is 18.4 Å². The minimum absolute atomic E-state index is 0.101. The average molecular weight is 235 g/mol. The van der Waals surface area contributed by atoms with E-state index in [2.05, 4.69) is 9.97 Å². The minimum atomic E-state index is -0.803. The van der Waals surface area contributed by atoms with Crippen LogP contribution in [0.15, 0.2) is 12.4 Å². The molecule has 0 spiro atoms. The van der Waals surface area contributed by atoms with Gasteiger partial charge in [-0.3, -0.25) is 4.79 Å². The van der Waals surface area contributed by atoms with Crippen LogP contribution in [0.3, 0.4) is 0 Å². The fourth-order valence-electron chi connectivity index (χ4n) is 1.84. The van der Waals surface area contributed by atoms with Crippen LogP contribution in [-0.4, -0.2) is 34.6 Å². The van der Waals surface area contributed by atoms with Crippen molar-refractivity contribution in [1.82, 2.24) is 9.97 Å². The van der Waals surface area contributed by atoms with Gasteiger partial charge >= 0.3 is 5.97 Å². The van der Waals surface area contributed by atoms with E-state index in [0.717, 1.165) is 0 Å². The van der Waals surface area contributed by atoms with Crippen molar-refractivity contribution in [3.8, 4) is 0 Å². The van der Waals surface area contributed by atoms with Crippen LogP contribution in [0, 0.1) is 0 Å². The number of aromatic nitrogens is 2. The number of aliphatic carboxylic acids is 1. The normalized spacial score (nSPS) is 15.4. The van der Waals surface area contributed by atoms with Gasteiger partial charge in [-0.2, -0.15) is 0 Å². The molecule has 0 atom stereocenters. The van der Waals surface area contributed by atoms with Crippen molar-refractivity contribution >= 4 is 11.9 Å². The second-order valence-corrected chi connectivity index (χ2v) is 4.51. The Kier molecular flexibility index (Phi) is 3.56. The molecule has 1 aliphatic rings. The molecular formula is C12H17N3O2. The van der Waals surface area contributed by atoms with Crippen molar-refractivity contribution < 1.29 is 9.90 Å². The van der Waals surface area contributed by atoms with Gasteiger partial charge in [-0.05, 0) is 24.3 Å². The number of rotatable bonds is 5. The lowest BCUT2D eigenvalue weighted by atomic mass is 9.81. The SMILES string of the molecule is CN(CCC(=O)O)c1ncc(C2CCC2)cn1. The first-order valence-electron chi connectivity index (χ1n) is 5.91. The molecule has 0 radical (unpaired) electrons. The fourth-order valence-corrected chi connectivity index (χ4v) is 1.84. The summed E-state index contributed by atoms with van der Waals surface area (Å²) in [5, 5.41) is 8.60. The van der Waals surface area contributed by atoms with E-state index in [4.69, 9.17) is 5.11 Å². The molecule has 1 aromatic rings. The number of carboxylic acids is 1. The molecule has 0 aliphatic heterocycles. The molecule has 5 nitrogen and oxygen atoms in total. The predicted octanol–water partition coefficient (Wildman–Crippen LogP) is 1.65. The Hall–Kier alpha value is -1.65. The Labute approximate surface area is 100 Å². The van der Waals surface area contributed by atoms with Crippen LogP contribution in [-0.2, 0) is 4.79 Å². The van der Waals surface area contributed by atoms with E-state index >= 15 is 0 Å². The summed E-state index contributed by atoms with van der Waals surface area (Å²) < 4.78 is 0. The lowest BCUT2D eigenvalue weighted by molar-refractivity contribution is -0.136. The molecule has 92 valence electrons. The first kappa shape index (κ1) is 11.8. The number of nitrogens with zero attached hydrogens (tertiary/aromatic N) is 3. The summed E-state index contributed by atoms with van der Waals surface area (Å²) in [6.07, 6.45) is 7.59. The van der Waals surface area contributed by atoms with E-state index in [1.807, 2.05) is 12.4 Å². The lowest BCUT2D eigenvalue weighted by Crippen LogP contribution is -2.23. The number of carbonyl (C=O) groups is 1. The molecule has 1 aromatic heterocycles. The molecule has 1 heterocycles. The van der Waals surface area contributed by atoms with E-state index in [1.54, 1.807) is 11.9 Å². The number of carboxylic acid groups (broad SMARTS) is 1. The molecule has 1 aliphatic carbocycles. The Morgan fingerprint density at radius 1 is 1.47 bits per heavy atom. The highest BCUT2D eigenvalue weighted by atomic mass is 16.4. The van der Waals surface area contributed by atoms with Crippen molar-refractivity contribution in [2.45, 2.75) is 31.6 Å². The van der Waals surface area contributed by atoms with Crippen LogP contribution in [0.1, 0.15) is 37.2 Å². The third kappa shape index (κ3) is 2.93. The largest absolute Gasteiger partial charge is 0.481 e. The van der Waals surface area contributed by atoms with Crippen molar-refractivity contribution in [3.63, 3.8) is 0 Å². The second kappa shape index (κ2) is 5.12. The topological polar surface area (TPSA) is 66.3 Å². The molecule has 17 heavy (non-hydrogen) atoms. The molecule has 5 heteroatoms. The van der Waals surface area contributed by atoms with Gasteiger partial charge in [0.15, 0.2) is 0 Å². The fraction of sp³-hybridized carbons (Fsp3) is 0.583. The molecule has 0 amide bonds. The average Bonchev–Trinajstić information content (AvgIpc) is 2.24. The standard InChI is InChI=1S/C12H17N3O2/c1-15(6-5-11(16)17)12-13-7-10(8-14-12)9-3-2-4-9/h7-9H,2-6H2,1H3,(H,16,17). The van der Waals surface area contributed by atoms with Gasteiger partial charge in [-0.15, -0.1) is 0 Å². The summed E-state index contributed by atoms with van der Waals surface area (Å²) in [7, 11) is 1.81. The van der Waals surface area contributed by atoms with E-state index < -0.39 is 5.97 Å². The third-order valence-electron chi connectivity index (χ3n) is 3.24. The van der Waals surface area contributed by atoms with E-state index in [-0.39, 0.29) is 6.42 Å². The zero-order valence-electron chi connectivity index (χ0n) is 9.96. The summed E-state index contributed by atoms with van der Waals surface area (Å²) in [5.41, 5.74) is 1.20. The van der Waals surface area contributed by atoms with Gasteiger partial charge in [0.25, 0.3) is 0 Å². The summed E-state index contributed by atoms with van der Waals surface area (Å²) in [5.74, 6) is 0.422. The zero-order chi connectivity index (χ0) is 12.3. The Bertz CT molecular complexity index is 387. The van der Waals surface area contributed by atoms with Crippen LogP contribution in [0.4, 0.5) is 5.95 Å². The smallest absolute Gasteiger partial charge is 0.305 e. The molecule has 0 bridgehead atoms. The number of hydrogen-bond donors (Lipinski definition) is 1. The number of hydrogen-bond acceptors (Lipinski definition) is 4. The molecule has 2 rings (SSSR count). The minimum Gasteiger partial charge on any atom is -0.481 e. The highest BCUT2D eigenvalue weighted by Crippen LogP contribution is 2.35. The van der Waals surface area contributed by atoms with Gasteiger partial charge in [0.1, 0.15) is 0 Å². The van der Waals surface area contributed by atoms with Crippen molar-refractivity contribution in [2.75, 3.05) is 18.5 Å². The summed E-state index contributed by atoms with van der Waals surface area (Å²) >= 11 is 0. The zero-order valence-corrected chi connectivity index (χ0v) is 9.96. The maximum absolute atomic E-state index is 10.5. The van der Waals surface area contributed by atoms with Crippen LogP contribution in [0.2, 0.25) is 0 Å². The Balaban J connectivity index is 1.94. The van der Waals surface area contributed by atoms with Crippen LogP contribution in [0.25, 0.3) is 0 Å². The molecule has 1 N–H and O–H groups in total. The maximum Gasteiger partial charge on any atom is 0.305 e. The van der Waals surface area contributed by atoms with Crippen LogP contribution in [0.5, 0.6) is 0 Å². The molecule has 0 saturated heterocycles. The van der Waals surface area contributed by atoms with E-state index in [9.17, 15) is 4.79 Å². The van der Waals surface area contributed by atoms with Crippen LogP contribution >= 0.6 is 0 Å². The maximum atomic E-state index is 10.5. The lowest BCUT2D eigenvalue weighted by Gasteiger charge is -2.25. The summed E-state index contributed by atoms with van der Waals surface area (Å²) in [6.45, 7) is 0.429. The molecule has 1 fully saturated rings. The Morgan fingerprint density at radius 3 is 2.59 bits per heavy atom. The van der Waals surface area contributed by atoms with Crippen molar-refractivity contribution in [2.24, 2.45) is 0 Å². The second-order valence-electron chi connectivity index (χ2n) is 4.51. The van der Waals surface area contributed by atoms with Gasteiger partial charge in [0.2, 0.25) is 5.95 Å². The summed E-state index contributed by atoms with van der Waals surface area (Å²) in [6, 6.07) is 0. The van der Waals surface area contributed by atoms with Gasteiger partial charge in [0.05, 0.1) is 6.42 Å². The van der Waals surface area contributed by atoms with Gasteiger partial charge in [-0.1, -0.05) is 6.42 Å². The monoisotopic (exact) mass is 235 g/mol. The van der Waals surface area contributed by atoms with Crippen molar-refractivity contribution in [3.05, 3.63) is 18.0 Å². The van der Waals surface area contributed by atoms with Crippen LogP contribution < -0.4 is 4.90 Å². The first-order chi connectivity index (χ1) is 8.16. The highest BCUT2D eigenvalue weighted by molar-refractivity contribution is 5.67. The van der Waals surface area contributed by atoms with Gasteiger partial charge in [0, 0.05) is 26.0 Å². The number of anilines is 1. The van der Waals surface area contributed by atoms with E-state index in [1.165, 1.54) is 24.8 Å². The highest BCUT2D eigenvalue weighted by Gasteiger charge is 2.20. The predicted molar refractivity (Wildman–Crippen MR) is 64.1 cm³/mol. The molecule has 0 aromatic carbocycles. The molecule has 1 saturated carbocycles. The summed E-state index contributed by atoms with van der Waals surface area (Å²) in [4.78, 5) is 20.8. The van der Waals surface area contributed by atoms with Gasteiger partial charge in [-0.25, -0.2) is 9.97 Å². The first-order valence-corrected chi connectivity index (χ1v) is 5.91. The molecule has 0 unspecified atom stereocenters. The Morgan fingerprint density at radius 2 is 2.12 bits per heavy atom. The molecular weight excluding hydrogens is 218 g/mol. The third-order valence-corrected chi connectivity index (χ3v) is 3.24. The van der Waals surface area contributed by atoms with Gasteiger partial charge < -0.3 is 10.0 Å². The quantitative estimate of drug-likeness (QED) is 0.840. The van der Waals surface area contributed by atoms with Crippen molar-refractivity contribution in [1.29, 1.82) is 0 Å².